The maximum atomic E-state index is 11.7. The number of rotatable bonds is 6. The highest BCUT2D eigenvalue weighted by Crippen LogP contribution is 2.11. The maximum Gasteiger partial charge on any atom is 0.310 e. The van der Waals surface area contributed by atoms with Crippen molar-refractivity contribution in [3.8, 4) is 0 Å². The molecule has 0 aliphatic carbocycles. The number of anilines is 1. The smallest absolute Gasteiger partial charge is 0.310 e. The number of esters is 1. The van der Waals surface area contributed by atoms with Gasteiger partial charge in [-0.1, -0.05) is 18.2 Å². The molecule has 0 radical (unpaired) electrons. The van der Waals surface area contributed by atoms with E-state index in [1.165, 1.54) is 0 Å². The van der Waals surface area contributed by atoms with Gasteiger partial charge in [0.2, 0.25) is 0 Å². The molecule has 0 aliphatic heterocycles. The summed E-state index contributed by atoms with van der Waals surface area (Å²) in [4.78, 5) is 24.9. The summed E-state index contributed by atoms with van der Waals surface area (Å²) in [6.45, 7) is 4.77. The van der Waals surface area contributed by atoms with Gasteiger partial charge in [-0.25, -0.2) is 0 Å². The zero-order valence-corrected chi connectivity index (χ0v) is 11.4. The molecule has 0 aliphatic rings. The van der Waals surface area contributed by atoms with Crippen molar-refractivity contribution < 1.29 is 14.3 Å². The Morgan fingerprint density at radius 2 is 1.84 bits per heavy atom. The molecule has 0 aromatic heterocycles. The van der Waals surface area contributed by atoms with Gasteiger partial charge in [0.15, 0.2) is 6.61 Å². The summed E-state index contributed by atoms with van der Waals surface area (Å²) in [5.74, 6) is -0.627. The van der Waals surface area contributed by atoms with Gasteiger partial charge < -0.3 is 15.4 Å². The summed E-state index contributed by atoms with van der Waals surface area (Å²) in [5, 5.41) is 0. The molecule has 104 valence electrons. The number of likely N-dealkylation sites (N-methyl/N-ethyl adjacent to an activating group) is 1. The predicted octanol–water partition coefficient (Wildman–Crippen LogP) is 1.22. The Balaban J connectivity index is 2.44. The molecule has 0 saturated heterocycles. The number of amides is 1. The second-order valence-electron chi connectivity index (χ2n) is 4.10. The molecule has 19 heavy (non-hydrogen) atoms. The second-order valence-corrected chi connectivity index (χ2v) is 4.10. The molecule has 0 fully saturated rings. The number of nitrogens with zero attached hydrogens (tertiary/aromatic N) is 1. The minimum atomic E-state index is -0.446. The molecule has 0 bridgehead atoms. The summed E-state index contributed by atoms with van der Waals surface area (Å²) in [7, 11) is 0. The van der Waals surface area contributed by atoms with Crippen LogP contribution in [0.15, 0.2) is 24.3 Å². The van der Waals surface area contributed by atoms with Crippen LogP contribution in [0.3, 0.4) is 0 Å². The van der Waals surface area contributed by atoms with Gasteiger partial charge in [-0.15, -0.1) is 0 Å². The molecule has 2 N–H and O–H groups in total. The fourth-order valence-corrected chi connectivity index (χ4v) is 1.71. The van der Waals surface area contributed by atoms with Crippen LogP contribution in [-0.4, -0.2) is 36.5 Å². The van der Waals surface area contributed by atoms with Crippen LogP contribution in [0.2, 0.25) is 0 Å². The number of ether oxygens (including phenoxy) is 1. The normalized spacial score (nSPS) is 10.0. The highest BCUT2D eigenvalue weighted by Gasteiger charge is 2.13. The van der Waals surface area contributed by atoms with Crippen LogP contribution in [-0.2, 0) is 20.7 Å². The Kier molecular flexibility index (Phi) is 5.85. The lowest BCUT2D eigenvalue weighted by Gasteiger charge is -2.18. The van der Waals surface area contributed by atoms with Gasteiger partial charge in [0.1, 0.15) is 0 Å². The van der Waals surface area contributed by atoms with Crippen LogP contribution in [0.1, 0.15) is 19.4 Å². The first kappa shape index (κ1) is 15.0. The van der Waals surface area contributed by atoms with Gasteiger partial charge in [0.25, 0.3) is 5.91 Å². The Hall–Kier alpha value is -2.04. The van der Waals surface area contributed by atoms with E-state index in [0.717, 1.165) is 0 Å². The fraction of sp³-hybridized carbons (Fsp3) is 0.429. The molecule has 1 amide bonds. The molecule has 0 saturated carbocycles. The molecule has 5 nitrogen and oxygen atoms in total. The van der Waals surface area contributed by atoms with Crippen molar-refractivity contribution in [3.63, 3.8) is 0 Å². The van der Waals surface area contributed by atoms with Gasteiger partial charge >= 0.3 is 5.97 Å². The van der Waals surface area contributed by atoms with Gasteiger partial charge in [-0.3, -0.25) is 9.59 Å². The van der Waals surface area contributed by atoms with E-state index in [2.05, 4.69) is 0 Å². The summed E-state index contributed by atoms with van der Waals surface area (Å²) in [6, 6.07) is 7.10. The zero-order chi connectivity index (χ0) is 14.3. The van der Waals surface area contributed by atoms with Gasteiger partial charge in [0, 0.05) is 18.8 Å². The van der Waals surface area contributed by atoms with Crippen molar-refractivity contribution in [1.29, 1.82) is 0 Å². The maximum absolute atomic E-state index is 11.7. The molecule has 0 unspecified atom stereocenters. The number of carbonyl (C=O) groups is 2. The topological polar surface area (TPSA) is 72.6 Å². The second kappa shape index (κ2) is 7.41. The highest BCUT2D eigenvalue weighted by atomic mass is 16.5. The van der Waals surface area contributed by atoms with Crippen molar-refractivity contribution in [2.75, 3.05) is 25.4 Å². The average molecular weight is 264 g/mol. The summed E-state index contributed by atoms with van der Waals surface area (Å²) < 4.78 is 4.96. The van der Waals surface area contributed by atoms with Crippen LogP contribution >= 0.6 is 0 Å². The fourth-order valence-electron chi connectivity index (χ4n) is 1.71. The SMILES string of the molecule is CCN(CC)C(=O)COC(=O)Cc1ccccc1N. The van der Waals surface area contributed by atoms with Crippen LogP contribution in [0.5, 0.6) is 0 Å². The number of para-hydroxylation sites is 1. The molecular formula is C14H20N2O3. The first-order valence-electron chi connectivity index (χ1n) is 6.35. The Labute approximate surface area is 113 Å². The Bertz CT molecular complexity index is 442. The largest absolute Gasteiger partial charge is 0.455 e. The van der Waals surface area contributed by atoms with Gasteiger partial charge in [-0.2, -0.15) is 0 Å². The Morgan fingerprint density at radius 1 is 1.21 bits per heavy atom. The van der Waals surface area contributed by atoms with E-state index in [-0.39, 0.29) is 18.9 Å². The number of carbonyl (C=O) groups excluding carboxylic acids is 2. The first-order chi connectivity index (χ1) is 9.08. The monoisotopic (exact) mass is 264 g/mol. The lowest BCUT2D eigenvalue weighted by molar-refractivity contribution is -0.151. The summed E-state index contributed by atoms with van der Waals surface area (Å²) in [5.41, 5.74) is 6.99. The van der Waals surface area contributed by atoms with Crippen LogP contribution in [0.4, 0.5) is 5.69 Å². The van der Waals surface area contributed by atoms with Crippen molar-refractivity contribution in [1.82, 2.24) is 4.90 Å². The molecule has 0 spiro atoms. The number of nitrogens with two attached hydrogens (primary N) is 1. The molecule has 0 heterocycles. The molecule has 1 rings (SSSR count). The van der Waals surface area contributed by atoms with Crippen LogP contribution < -0.4 is 5.73 Å². The first-order valence-corrected chi connectivity index (χ1v) is 6.35. The zero-order valence-electron chi connectivity index (χ0n) is 11.4. The summed E-state index contributed by atoms with van der Waals surface area (Å²) >= 11 is 0. The predicted molar refractivity (Wildman–Crippen MR) is 73.4 cm³/mol. The number of hydrogen-bond acceptors (Lipinski definition) is 4. The van der Waals surface area contributed by atoms with Gasteiger partial charge in [-0.05, 0) is 25.5 Å². The van der Waals surface area contributed by atoms with Crippen molar-refractivity contribution in [3.05, 3.63) is 29.8 Å². The third-order valence-electron chi connectivity index (χ3n) is 2.86. The highest BCUT2D eigenvalue weighted by molar-refractivity contribution is 5.81. The molecule has 1 aromatic carbocycles. The third-order valence-corrected chi connectivity index (χ3v) is 2.86. The van der Waals surface area contributed by atoms with Crippen molar-refractivity contribution in [2.45, 2.75) is 20.3 Å². The third kappa shape index (κ3) is 4.62. The van der Waals surface area contributed by atoms with E-state index >= 15 is 0 Å². The Morgan fingerprint density at radius 3 is 2.42 bits per heavy atom. The van der Waals surface area contributed by atoms with Crippen LogP contribution in [0.25, 0.3) is 0 Å². The van der Waals surface area contributed by atoms with Crippen LogP contribution in [0, 0.1) is 0 Å². The average Bonchev–Trinajstić information content (AvgIpc) is 2.40. The molecule has 5 heteroatoms. The molecule has 0 atom stereocenters. The lowest BCUT2D eigenvalue weighted by Crippen LogP contribution is -2.34. The number of benzene rings is 1. The molecular weight excluding hydrogens is 244 g/mol. The van der Waals surface area contributed by atoms with E-state index < -0.39 is 5.97 Å². The van der Waals surface area contributed by atoms with Crippen molar-refractivity contribution in [2.24, 2.45) is 0 Å². The van der Waals surface area contributed by atoms with E-state index in [9.17, 15) is 9.59 Å². The quantitative estimate of drug-likeness (QED) is 0.619. The van der Waals surface area contributed by atoms with E-state index in [4.69, 9.17) is 10.5 Å². The summed E-state index contributed by atoms with van der Waals surface area (Å²) in [6.07, 6.45) is 0.0816. The number of nitrogen functional groups attached to an aromatic ring is 1. The lowest BCUT2D eigenvalue weighted by atomic mass is 10.1. The van der Waals surface area contributed by atoms with Gasteiger partial charge in [0.05, 0.1) is 6.42 Å². The van der Waals surface area contributed by atoms with E-state index in [0.29, 0.717) is 24.3 Å². The van der Waals surface area contributed by atoms with Crippen molar-refractivity contribution >= 4 is 17.6 Å². The number of hydrogen-bond donors (Lipinski definition) is 1. The minimum absolute atomic E-state index is 0.0816. The van der Waals surface area contributed by atoms with E-state index in [1.54, 1.807) is 29.2 Å². The molecule has 1 aromatic rings. The van der Waals surface area contributed by atoms with E-state index in [1.807, 2.05) is 13.8 Å². The standard InChI is InChI=1S/C14H20N2O3/c1-3-16(4-2)13(17)10-19-14(18)9-11-7-5-6-8-12(11)15/h5-8H,3-4,9-10,15H2,1-2H3. The minimum Gasteiger partial charge on any atom is -0.455 e.